The number of nitrogen functional groups attached to an aromatic ring is 1. The quantitative estimate of drug-likeness (QED) is 0.656. The molecule has 2 atom stereocenters. The zero-order valence-electron chi connectivity index (χ0n) is 13.4. The van der Waals surface area contributed by atoms with Crippen LogP contribution in [0.2, 0.25) is 0 Å². The Morgan fingerprint density at radius 1 is 1.38 bits per heavy atom. The van der Waals surface area contributed by atoms with E-state index in [1.807, 2.05) is 6.92 Å². The summed E-state index contributed by atoms with van der Waals surface area (Å²) in [7, 11) is -3.15. The van der Waals surface area contributed by atoms with Crippen LogP contribution in [0.25, 0.3) is 0 Å². The molecule has 132 valence electrons. The number of nitrogens with two attached hydrogens (primary N) is 1. The molecule has 2 saturated heterocycles. The summed E-state index contributed by atoms with van der Waals surface area (Å²) < 4.78 is 24.1. The normalized spacial score (nSPS) is 26.3. The maximum atomic E-state index is 12.7. The number of carbonyl (C=O) groups excluding carboxylic acids is 1. The number of rotatable bonds is 3. The van der Waals surface area contributed by atoms with Gasteiger partial charge in [0, 0.05) is 25.2 Å². The lowest BCUT2D eigenvalue weighted by Gasteiger charge is -2.43. The zero-order chi connectivity index (χ0) is 17.5. The molecule has 2 fully saturated rings. The van der Waals surface area contributed by atoms with E-state index in [0.717, 1.165) is 6.54 Å². The summed E-state index contributed by atoms with van der Waals surface area (Å²) in [5, 5.41) is 0. The lowest BCUT2D eigenvalue weighted by molar-refractivity contribution is -0.136. The molecule has 0 spiro atoms. The lowest BCUT2D eigenvalue weighted by atomic mass is 10.0. The molecule has 3 N–H and O–H groups in total. The average Bonchev–Trinajstić information content (AvgIpc) is 2.79. The topological polar surface area (TPSA) is 129 Å². The molecule has 9 nitrogen and oxygen atoms in total. The van der Waals surface area contributed by atoms with Gasteiger partial charge in [0.2, 0.25) is 11.9 Å². The molecule has 0 saturated carbocycles. The number of aromatic nitrogens is 2. The van der Waals surface area contributed by atoms with Crippen LogP contribution >= 0.6 is 0 Å². The molecule has 1 aromatic rings. The third kappa shape index (κ3) is 3.29. The number of anilines is 1. The van der Waals surface area contributed by atoms with E-state index in [1.165, 1.54) is 6.07 Å². The van der Waals surface area contributed by atoms with Crippen LogP contribution in [0.15, 0.2) is 10.9 Å². The van der Waals surface area contributed by atoms with E-state index in [4.69, 9.17) is 5.73 Å². The molecule has 2 aliphatic rings. The number of piperazine rings is 1. The average molecular weight is 355 g/mol. The van der Waals surface area contributed by atoms with Gasteiger partial charge in [0.15, 0.2) is 9.84 Å². The summed E-state index contributed by atoms with van der Waals surface area (Å²) in [6.07, 6.45) is -0.0660. The SMILES string of the molecule is CCN1CCN(C(=O)Cc2cc(=O)[nH]c(N)n2)[C@@H]2CS(=O)(=O)C[C@@H]21. The molecule has 10 heteroatoms. The Morgan fingerprint density at radius 3 is 2.75 bits per heavy atom. The van der Waals surface area contributed by atoms with Crippen LogP contribution in [0.3, 0.4) is 0 Å². The predicted molar refractivity (Wildman–Crippen MR) is 88.2 cm³/mol. The fourth-order valence-corrected chi connectivity index (χ4v) is 5.61. The highest BCUT2D eigenvalue weighted by Crippen LogP contribution is 2.27. The lowest BCUT2D eigenvalue weighted by Crippen LogP contribution is -2.60. The summed E-state index contributed by atoms with van der Waals surface area (Å²) >= 11 is 0. The Bertz CT molecular complexity index is 806. The van der Waals surface area contributed by atoms with Crippen molar-refractivity contribution in [2.24, 2.45) is 0 Å². The Kier molecular flexibility index (Phi) is 4.35. The van der Waals surface area contributed by atoms with Gasteiger partial charge in [-0.15, -0.1) is 0 Å². The molecule has 3 heterocycles. The van der Waals surface area contributed by atoms with E-state index in [9.17, 15) is 18.0 Å². The fourth-order valence-electron chi connectivity index (χ4n) is 3.60. The van der Waals surface area contributed by atoms with Gasteiger partial charge < -0.3 is 10.6 Å². The minimum atomic E-state index is -3.15. The first kappa shape index (κ1) is 16.9. The maximum Gasteiger partial charge on any atom is 0.252 e. The van der Waals surface area contributed by atoms with Crippen LogP contribution in [0.1, 0.15) is 12.6 Å². The molecule has 2 aliphatic heterocycles. The van der Waals surface area contributed by atoms with E-state index < -0.39 is 15.4 Å². The molecule has 3 rings (SSSR count). The van der Waals surface area contributed by atoms with E-state index in [1.54, 1.807) is 4.90 Å². The number of hydrogen-bond acceptors (Lipinski definition) is 7. The number of H-pyrrole nitrogens is 1. The number of aromatic amines is 1. The number of likely N-dealkylation sites (N-methyl/N-ethyl adjacent to an activating group) is 1. The van der Waals surface area contributed by atoms with Gasteiger partial charge in [0.25, 0.3) is 5.56 Å². The summed E-state index contributed by atoms with van der Waals surface area (Å²) in [5.41, 5.74) is 5.37. The molecule has 0 bridgehead atoms. The van der Waals surface area contributed by atoms with Crippen molar-refractivity contribution in [3.05, 3.63) is 22.1 Å². The van der Waals surface area contributed by atoms with Gasteiger partial charge in [-0.1, -0.05) is 6.92 Å². The Hall–Kier alpha value is -1.94. The van der Waals surface area contributed by atoms with Crippen LogP contribution in [0.4, 0.5) is 5.95 Å². The van der Waals surface area contributed by atoms with Gasteiger partial charge >= 0.3 is 0 Å². The van der Waals surface area contributed by atoms with Gasteiger partial charge in [-0.2, -0.15) is 0 Å². The van der Waals surface area contributed by atoms with E-state index in [-0.39, 0.29) is 47.6 Å². The van der Waals surface area contributed by atoms with Crippen LogP contribution in [0.5, 0.6) is 0 Å². The molecule has 24 heavy (non-hydrogen) atoms. The number of nitrogens with one attached hydrogen (secondary N) is 1. The van der Waals surface area contributed by atoms with Crippen LogP contribution in [-0.4, -0.2) is 77.3 Å². The van der Waals surface area contributed by atoms with Crippen LogP contribution < -0.4 is 11.3 Å². The number of nitrogens with zero attached hydrogens (tertiary/aromatic N) is 3. The van der Waals surface area contributed by atoms with Crippen molar-refractivity contribution in [3.8, 4) is 0 Å². The van der Waals surface area contributed by atoms with E-state index >= 15 is 0 Å². The second kappa shape index (κ2) is 6.17. The first-order chi connectivity index (χ1) is 11.3. The minimum absolute atomic E-state index is 0.00908. The second-order valence-corrected chi connectivity index (χ2v) is 8.38. The number of carbonyl (C=O) groups is 1. The molecule has 0 aromatic carbocycles. The van der Waals surface area contributed by atoms with Crippen molar-refractivity contribution >= 4 is 21.7 Å². The Morgan fingerprint density at radius 2 is 2.08 bits per heavy atom. The van der Waals surface area contributed by atoms with Crippen molar-refractivity contribution in [1.29, 1.82) is 0 Å². The number of amides is 1. The number of fused-ring (bicyclic) bond motifs is 1. The third-order valence-electron chi connectivity index (χ3n) is 4.66. The predicted octanol–water partition coefficient (Wildman–Crippen LogP) is -1.78. The Labute approximate surface area is 139 Å². The maximum absolute atomic E-state index is 12.7. The Balaban J connectivity index is 1.80. The molecule has 0 aliphatic carbocycles. The van der Waals surface area contributed by atoms with Crippen molar-refractivity contribution in [3.63, 3.8) is 0 Å². The summed E-state index contributed by atoms with van der Waals surface area (Å²) in [4.78, 5) is 34.1. The molecule has 0 radical (unpaired) electrons. The minimum Gasteiger partial charge on any atom is -0.369 e. The molecule has 0 unspecified atom stereocenters. The summed E-state index contributed by atoms with van der Waals surface area (Å²) in [5.74, 6) is -0.186. The van der Waals surface area contributed by atoms with Gasteiger partial charge in [-0.25, -0.2) is 13.4 Å². The monoisotopic (exact) mass is 355 g/mol. The van der Waals surface area contributed by atoms with Crippen molar-refractivity contribution in [2.45, 2.75) is 25.4 Å². The third-order valence-corrected chi connectivity index (χ3v) is 6.36. The first-order valence-electron chi connectivity index (χ1n) is 7.88. The summed E-state index contributed by atoms with van der Waals surface area (Å²) in [6, 6.07) is 0.741. The first-order valence-corrected chi connectivity index (χ1v) is 9.71. The molecular formula is C14H21N5O4S. The van der Waals surface area contributed by atoms with Crippen molar-refractivity contribution < 1.29 is 13.2 Å². The highest BCUT2D eigenvalue weighted by Gasteiger charge is 2.47. The van der Waals surface area contributed by atoms with Gasteiger partial charge in [-0.05, 0) is 6.54 Å². The molecule has 1 aromatic heterocycles. The number of hydrogen-bond donors (Lipinski definition) is 2. The van der Waals surface area contributed by atoms with Gasteiger partial charge in [-0.3, -0.25) is 19.5 Å². The van der Waals surface area contributed by atoms with Crippen LogP contribution in [0, 0.1) is 0 Å². The standard InChI is InChI=1S/C14H21N5O4S/c1-2-18-3-4-19(11-8-24(22,23)7-10(11)18)13(21)6-9-5-12(20)17-14(15)16-9/h5,10-11H,2-4,6-8H2,1H3,(H3,15,16,17,20)/t10-,11+/m0/s1. The van der Waals surface area contributed by atoms with Crippen molar-refractivity contribution in [2.75, 3.05) is 36.9 Å². The molecule has 1 amide bonds. The summed E-state index contributed by atoms with van der Waals surface area (Å²) in [6.45, 7) is 3.86. The van der Waals surface area contributed by atoms with E-state index in [0.29, 0.717) is 13.1 Å². The van der Waals surface area contributed by atoms with E-state index in [2.05, 4.69) is 14.9 Å². The fraction of sp³-hybridized carbons (Fsp3) is 0.643. The smallest absolute Gasteiger partial charge is 0.252 e. The van der Waals surface area contributed by atoms with Crippen LogP contribution in [-0.2, 0) is 21.1 Å². The largest absolute Gasteiger partial charge is 0.369 e. The number of sulfone groups is 1. The second-order valence-electron chi connectivity index (χ2n) is 6.23. The zero-order valence-corrected chi connectivity index (χ0v) is 14.3. The molecular weight excluding hydrogens is 334 g/mol. The van der Waals surface area contributed by atoms with Gasteiger partial charge in [0.1, 0.15) is 0 Å². The van der Waals surface area contributed by atoms with Crippen molar-refractivity contribution in [1.82, 2.24) is 19.8 Å². The highest BCUT2D eigenvalue weighted by molar-refractivity contribution is 7.91. The highest BCUT2D eigenvalue weighted by atomic mass is 32.2. The van der Waals surface area contributed by atoms with Gasteiger partial charge in [0.05, 0.1) is 29.7 Å².